The molecule has 0 fully saturated rings. The van der Waals surface area contributed by atoms with Crippen molar-refractivity contribution in [2.75, 3.05) is 18.4 Å². The molecular weight excluding hydrogens is 459 g/mol. The number of carbonyl (C=O) groups is 1. The van der Waals surface area contributed by atoms with E-state index in [1.807, 2.05) is 39.1 Å². The van der Waals surface area contributed by atoms with E-state index in [1.54, 1.807) is 4.90 Å². The Kier molecular flexibility index (Phi) is 6.30. The second-order valence-electron chi connectivity index (χ2n) is 9.90. The number of H-pyrrole nitrogens is 1. The van der Waals surface area contributed by atoms with Crippen LogP contribution in [0.1, 0.15) is 37.6 Å². The number of para-hydroxylation sites is 1. The number of nitrogens with zero attached hydrogens (tertiary/aromatic N) is 4. The lowest BCUT2D eigenvalue weighted by Gasteiger charge is -2.31. The Bertz CT molecular complexity index is 1410. The maximum atomic E-state index is 13.9. The van der Waals surface area contributed by atoms with Crippen molar-refractivity contribution >= 4 is 22.8 Å². The van der Waals surface area contributed by atoms with E-state index in [-0.39, 0.29) is 6.09 Å². The van der Waals surface area contributed by atoms with Gasteiger partial charge in [0.2, 0.25) is 0 Å². The van der Waals surface area contributed by atoms with Gasteiger partial charge in [-0.25, -0.2) is 19.2 Å². The average Bonchev–Trinajstić information content (AvgIpc) is 3.25. The van der Waals surface area contributed by atoms with Gasteiger partial charge < -0.3 is 19.9 Å². The Hall–Kier alpha value is -4.01. The lowest BCUT2D eigenvalue weighted by molar-refractivity contribution is 0.0221. The molecule has 4 heterocycles. The summed E-state index contributed by atoms with van der Waals surface area (Å²) in [5.74, 6) is 0.599. The van der Waals surface area contributed by atoms with Gasteiger partial charge in [0.05, 0.1) is 18.4 Å². The van der Waals surface area contributed by atoms with Gasteiger partial charge in [0.25, 0.3) is 0 Å². The second-order valence-corrected chi connectivity index (χ2v) is 9.90. The molecule has 4 aromatic rings. The van der Waals surface area contributed by atoms with Gasteiger partial charge in [0.1, 0.15) is 17.2 Å². The van der Waals surface area contributed by atoms with E-state index < -0.39 is 11.4 Å². The number of fused-ring (bicyclic) bond motifs is 2. The van der Waals surface area contributed by atoms with Crippen LogP contribution in [0.15, 0.2) is 48.9 Å². The van der Waals surface area contributed by atoms with Crippen LogP contribution in [0.5, 0.6) is 0 Å². The van der Waals surface area contributed by atoms with Crippen LogP contribution in [0, 0.1) is 5.82 Å². The number of aromatic amines is 1. The minimum absolute atomic E-state index is 0.291. The molecule has 1 aliphatic heterocycles. The lowest BCUT2D eigenvalue weighted by Crippen LogP contribution is -2.40. The Morgan fingerprint density at radius 3 is 2.86 bits per heavy atom. The van der Waals surface area contributed by atoms with Crippen molar-refractivity contribution in [1.29, 1.82) is 0 Å². The molecule has 0 unspecified atom stereocenters. The molecular formula is C27H29FN6O2. The van der Waals surface area contributed by atoms with Crippen LogP contribution in [0.3, 0.4) is 0 Å². The largest absolute Gasteiger partial charge is 0.444 e. The maximum absolute atomic E-state index is 13.9. The van der Waals surface area contributed by atoms with Crippen LogP contribution in [0.4, 0.5) is 15.0 Å². The predicted octanol–water partition coefficient (Wildman–Crippen LogP) is 5.11. The zero-order chi connectivity index (χ0) is 25.3. The number of rotatable bonds is 5. The van der Waals surface area contributed by atoms with E-state index in [0.29, 0.717) is 43.3 Å². The molecule has 1 aliphatic rings. The highest BCUT2D eigenvalue weighted by atomic mass is 19.1. The average molecular weight is 489 g/mol. The normalized spacial score (nSPS) is 13.5. The second kappa shape index (κ2) is 9.56. The van der Waals surface area contributed by atoms with E-state index in [2.05, 4.69) is 27.4 Å². The third-order valence-corrected chi connectivity index (χ3v) is 6.04. The fraction of sp³-hybridized carbons (Fsp3) is 0.333. The van der Waals surface area contributed by atoms with Crippen LogP contribution >= 0.6 is 0 Å². The predicted molar refractivity (Wildman–Crippen MR) is 136 cm³/mol. The molecule has 0 radical (unpaired) electrons. The van der Waals surface area contributed by atoms with Gasteiger partial charge >= 0.3 is 6.09 Å². The lowest BCUT2D eigenvalue weighted by atomic mass is 10.0. The third kappa shape index (κ3) is 5.15. The Morgan fingerprint density at radius 2 is 2.06 bits per heavy atom. The quantitative estimate of drug-likeness (QED) is 0.405. The van der Waals surface area contributed by atoms with Crippen molar-refractivity contribution in [3.05, 3.63) is 71.6 Å². The van der Waals surface area contributed by atoms with Gasteiger partial charge in [-0.3, -0.25) is 4.98 Å². The molecule has 1 aromatic carbocycles. The van der Waals surface area contributed by atoms with Gasteiger partial charge in [-0.15, -0.1) is 0 Å². The topological polar surface area (TPSA) is 96.0 Å². The molecule has 0 atom stereocenters. The van der Waals surface area contributed by atoms with Crippen LogP contribution in [-0.4, -0.2) is 49.6 Å². The Labute approximate surface area is 208 Å². The molecule has 0 aliphatic carbocycles. The third-order valence-electron chi connectivity index (χ3n) is 6.04. The van der Waals surface area contributed by atoms with E-state index in [0.717, 1.165) is 29.4 Å². The highest BCUT2D eigenvalue weighted by Gasteiger charge is 2.29. The molecule has 9 heteroatoms. The van der Waals surface area contributed by atoms with Gasteiger partial charge in [-0.1, -0.05) is 18.2 Å². The number of hydrogen-bond acceptors (Lipinski definition) is 6. The zero-order valence-corrected chi connectivity index (χ0v) is 20.6. The van der Waals surface area contributed by atoms with Gasteiger partial charge in [0, 0.05) is 47.5 Å². The molecule has 0 saturated heterocycles. The summed E-state index contributed by atoms with van der Waals surface area (Å²) < 4.78 is 19.5. The standard InChI is InChI=1S/C27H29FN6O2/c1-27(2,3)36-26(35)34-11-9-21-23(16-34)32-24(18-12-19(28)15-29-13-18)33-25(21)30-10-8-17-14-31-22-7-5-4-6-20(17)22/h4-7,12-15,31H,8-11,16H2,1-3H3,(H,30,32,33). The van der Waals surface area contributed by atoms with Crippen molar-refractivity contribution in [3.8, 4) is 11.4 Å². The number of aromatic nitrogens is 4. The SMILES string of the molecule is CC(C)(C)OC(=O)N1CCc2c(nc(-c3cncc(F)c3)nc2NCCc2c[nH]c3ccccc23)C1. The van der Waals surface area contributed by atoms with Gasteiger partial charge in [-0.2, -0.15) is 0 Å². The summed E-state index contributed by atoms with van der Waals surface area (Å²) in [5, 5.41) is 4.67. The van der Waals surface area contributed by atoms with Crippen molar-refractivity contribution in [1.82, 2.24) is 24.8 Å². The Balaban J connectivity index is 1.42. The summed E-state index contributed by atoms with van der Waals surface area (Å²) in [6, 6.07) is 9.57. The van der Waals surface area contributed by atoms with Crippen molar-refractivity contribution < 1.29 is 13.9 Å². The number of nitrogens with one attached hydrogen (secondary N) is 2. The summed E-state index contributed by atoms with van der Waals surface area (Å²) in [6.07, 6.45) is 5.72. The number of hydrogen-bond donors (Lipinski definition) is 2. The molecule has 1 amide bonds. The molecule has 186 valence electrons. The number of anilines is 1. The molecule has 0 saturated carbocycles. The van der Waals surface area contributed by atoms with E-state index in [9.17, 15) is 9.18 Å². The summed E-state index contributed by atoms with van der Waals surface area (Å²) in [4.78, 5) is 31.0. The van der Waals surface area contributed by atoms with E-state index >= 15 is 0 Å². The monoisotopic (exact) mass is 488 g/mol. The zero-order valence-electron chi connectivity index (χ0n) is 20.6. The molecule has 0 spiro atoms. The summed E-state index contributed by atoms with van der Waals surface area (Å²) in [6.45, 7) is 6.98. The first-order valence-electron chi connectivity index (χ1n) is 12.0. The molecule has 3 aromatic heterocycles. The van der Waals surface area contributed by atoms with Crippen molar-refractivity contribution in [2.45, 2.75) is 45.8 Å². The summed E-state index contributed by atoms with van der Waals surface area (Å²) >= 11 is 0. The highest BCUT2D eigenvalue weighted by Crippen LogP contribution is 2.28. The first-order chi connectivity index (χ1) is 17.3. The minimum atomic E-state index is -0.587. The van der Waals surface area contributed by atoms with Crippen molar-refractivity contribution in [3.63, 3.8) is 0 Å². The van der Waals surface area contributed by atoms with Crippen molar-refractivity contribution in [2.24, 2.45) is 0 Å². The first kappa shape index (κ1) is 23.7. The van der Waals surface area contributed by atoms with Crippen LogP contribution in [-0.2, 0) is 24.1 Å². The fourth-order valence-corrected chi connectivity index (χ4v) is 4.38. The van der Waals surface area contributed by atoms with Gasteiger partial charge in [-0.05, 0) is 51.3 Å². The molecule has 2 N–H and O–H groups in total. The number of carbonyl (C=O) groups excluding carboxylic acids is 1. The Morgan fingerprint density at radius 1 is 1.22 bits per heavy atom. The highest BCUT2D eigenvalue weighted by molar-refractivity contribution is 5.83. The number of amides is 1. The van der Waals surface area contributed by atoms with Crippen LogP contribution in [0.25, 0.3) is 22.3 Å². The van der Waals surface area contributed by atoms with Crippen LogP contribution in [0.2, 0.25) is 0 Å². The number of ether oxygens (including phenoxy) is 1. The van der Waals surface area contributed by atoms with Crippen LogP contribution < -0.4 is 5.32 Å². The fourth-order valence-electron chi connectivity index (χ4n) is 4.38. The first-order valence-corrected chi connectivity index (χ1v) is 12.0. The van der Waals surface area contributed by atoms with Gasteiger partial charge in [0.15, 0.2) is 5.82 Å². The smallest absolute Gasteiger partial charge is 0.410 e. The molecule has 8 nitrogen and oxygen atoms in total. The number of benzene rings is 1. The number of pyridine rings is 1. The molecule has 36 heavy (non-hydrogen) atoms. The maximum Gasteiger partial charge on any atom is 0.410 e. The van der Waals surface area contributed by atoms with E-state index in [1.165, 1.54) is 23.2 Å². The number of halogens is 1. The molecule has 5 rings (SSSR count). The summed E-state index contributed by atoms with van der Waals surface area (Å²) in [5.41, 5.74) is 3.89. The molecule has 0 bridgehead atoms. The summed E-state index contributed by atoms with van der Waals surface area (Å²) in [7, 11) is 0. The minimum Gasteiger partial charge on any atom is -0.444 e. The van der Waals surface area contributed by atoms with E-state index in [4.69, 9.17) is 14.7 Å².